The lowest BCUT2D eigenvalue weighted by atomic mass is 10.1. The van der Waals surface area contributed by atoms with Crippen molar-refractivity contribution in [2.75, 3.05) is 26.3 Å². The van der Waals surface area contributed by atoms with Crippen molar-refractivity contribution in [1.82, 2.24) is 4.90 Å². The largest absolute Gasteiger partial charge is 0.378 e. The first kappa shape index (κ1) is 15.8. The van der Waals surface area contributed by atoms with E-state index < -0.39 is 4.84 Å². The van der Waals surface area contributed by atoms with Gasteiger partial charge in [-0.2, -0.15) is 0 Å². The number of ether oxygens (including phenoxy) is 1. The lowest BCUT2D eigenvalue weighted by Gasteiger charge is -2.32. The molecule has 0 bridgehead atoms. The molecule has 0 spiro atoms. The average molecular weight is 379 g/mol. The van der Waals surface area contributed by atoms with Crippen molar-refractivity contribution in [3.63, 3.8) is 0 Å². The van der Waals surface area contributed by atoms with Gasteiger partial charge < -0.3 is 9.64 Å². The Balaban J connectivity index is 2.31. The summed E-state index contributed by atoms with van der Waals surface area (Å²) in [4.78, 5) is 13.7. The van der Waals surface area contributed by atoms with E-state index in [0.29, 0.717) is 42.0 Å². The zero-order chi connectivity index (χ0) is 14.5. The molecule has 2 rings (SSSR count). The van der Waals surface area contributed by atoms with Crippen LogP contribution in [0.4, 0.5) is 0 Å². The zero-order valence-corrected chi connectivity index (χ0v) is 13.8. The number of rotatable bonds is 4. The topological polar surface area (TPSA) is 29.5 Å². The number of halogens is 3. The molecular weight excluding hydrogens is 365 g/mol. The molecule has 0 amide bonds. The fourth-order valence-corrected chi connectivity index (χ4v) is 3.48. The number of morpholine rings is 1. The molecule has 108 valence electrons. The third kappa shape index (κ3) is 3.76. The predicted octanol–water partition coefficient (Wildman–Crippen LogP) is 3.61. The van der Waals surface area contributed by atoms with Gasteiger partial charge in [-0.25, -0.2) is 0 Å². The summed E-state index contributed by atoms with van der Waals surface area (Å²) in [6, 6.07) is 9.03. The molecule has 1 saturated heterocycles. The van der Waals surface area contributed by atoms with Crippen molar-refractivity contribution in [3.8, 4) is 0 Å². The van der Waals surface area contributed by atoms with Crippen LogP contribution in [0.3, 0.4) is 0 Å². The predicted molar refractivity (Wildman–Crippen MR) is 84.6 cm³/mol. The van der Waals surface area contributed by atoms with Crippen molar-refractivity contribution >= 4 is 44.9 Å². The Morgan fingerprint density at radius 1 is 1.20 bits per heavy atom. The molecule has 1 aliphatic heterocycles. The third-order valence-electron chi connectivity index (χ3n) is 3.02. The van der Waals surface area contributed by atoms with Gasteiger partial charge in [-0.3, -0.25) is 4.79 Å². The van der Waals surface area contributed by atoms with Crippen LogP contribution in [0.25, 0.3) is 0 Å². The van der Waals surface area contributed by atoms with Crippen LogP contribution in [0.2, 0.25) is 0 Å². The van der Waals surface area contributed by atoms with E-state index in [-0.39, 0.29) is 5.78 Å². The molecule has 1 heterocycles. The fraction of sp³-hybridized carbons (Fsp3) is 0.357. The highest BCUT2D eigenvalue weighted by atomic mass is 79.9. The molecule has 20 heavy (non-hydrogen) atoms. The second kappa shape index (κ2) is 7.46. The third-order valence-corrected chi connectivity index (χ3v) is 4.20. The molecule has 0 radical (unpaired) electrons. The van der Waals surface area contributed by atoms with Gasteiger partial charge in [-0.05, 0) is 15.9 Å². The maximum Gasteiger partial charge on any atom is 0.201 e. The molecule has 0 saturated carbocycles. The quantitative estimate of drug-likeness (QED) is 0.455. The minimum absolute atomic E-state index is 0.126. The normalized spacial score (nSPS) is 17.1. The highest BCUT2D eigenvalue weighted by Crippen LogP contribution is 2.28. The summed E-state index contributed by atoms with van der Waals surface area (Å²) in [5.74, 6) is -0.126. The van der Waals surface area contributed by atoms with Crippen LogP contribution in [-0.2, 0) is 4.74 Å². The number of alkyl halides is 2. The number of nitrogens with zero attached hydrogens (tertiary/aromatic N) is 1. The number of ketones is 1. The Labute approximate surface area is 136 Å². The molecule has 3 nitrogen and oxygen atoms in total. The molecule has 0 unspecified atom stereocenters. The van der Waals surface area contributed by atoms with Gasteiger partial charge in [0, 0.05) is 18.7 Å². The highest BCUT2D eigenvalue weighted by molar-refractivity contribution is 9.12. The number of Topliss-reactive ketones (excluding diaryl/α,β-unsaturated/α-hetero) is 1. The van der Waals surface area contributed by atoms with E-state index in [1.807, 2.05) is 23.1 Å². The van der Waals surface area contributed by atoms with E-state index in [1.54, 1.807) is 12.1 Å². The molecule has 0 atom stereocenters. The van der Waals surface area contributed by atoms with E-state index in [2.05, 4.69) is 15.9 Å². The Morgan fingerprint density at radius 3 is 2.35 bits per heavy atom. The van der Waals surface area contributed by atoms with Crippen molar-refractivity contribution < 1.29 is 9.53 Å². The number of carbonyl (C=O) groups excluding carboxylic acids is 1. The van der Waals surface area contributed by atoms with E-state index in [0.717, 1.165) is 0 Å². The molecule has 0 aromatic heterocycles. The molecule has 1 aromatic carbocycles. The minimum Gasteiger partial charge on any atom is -0.378 e. The van der Waals surface area contributed by atoms with Crippen LogP contribution < -0.4 is 0 Å². The Morgan fingerprint density at radius 2 is 1.80 bits per heavy atom. The van der Waals surface area contributed by atoms with Crippen LogP contribution in [-0.4, -0.2) is 41.8 Å². The van der Waals surface area contributed by atoms with Crippen molar-refractivity contribution in [1.29, 1.82) is 0 Å². The van der Waals surface area contributed by atoms with Gasteiger partial charge in [0.1, 0.15) is 4.84 Å². The standard InChI is InChI=1S/C14H14BrCl2NO2/c15-11(13(19)10-4-2-1-3-5-10)12(14(16)17)18-6-8-20-9-7-18/h1-5,14H,6-9H2/b12-11-. The SMILES string of the molecule is O=C(/C(Br)=C(\C(Cl)Cl)N1CCOCC1)c1ccccc1. The summed E-state index contributed by atoms with van der Waals surface area (Å²) < 4.78 is 5.71. The first-order valence-corrected chi connectivity index (χ1v) is 7.88. The second-order valence-corrected chi connectivity index (χ2v) is 6.18. The van der Waals surface area contributed by atoms with Gasteiger partial charge in [0.2, 0.25) is 5.78 Å². The summed E-state index contributed by atoms with van der Waals surface area (Å²) in [6.45, 7) is 2.54. The van der Waals surface area contributed by atoms with Gasteiger partial charge in [0.05, 0.1) is 23.4 Å². The smallest absolute Gasteiger partial charge is 0.201 e. The van der Waals surface area contributed by atoms with E-state index >= 15 is 0 Å². The van der Waals surface area contributed by atoms with Crippen molar-refractivity contribution in [3.05, 3.63) is 46.1 Å². The zero-order valence-electron chi connectivity index (χ0n) is 10.7. The number of hydrogen-bond donors (Lipinski definition) is 0. The van der Waals surface area contributed by atoms with E-state index in [1.165, 1.54) is 0 Å². The van der Waals surface area contributed by atoms with Crippen LogP contribution in [0.5, 0.6) is 0 Å². The van der Waals surface area contributed by atoms with Crippen LogP contribution >= 0.6 is 39.1 Å². The Kier molecular flexibility index (Phi) is 5.90. The van der Waals surface area contributed by atoms with Gasteiger partial charge in [0.15, 0.2) is 0 Å². The fourth-order valence-electron chi connectivity index (χ4n) is 2.01. The number of benzene rings is 1. The van der Waals surface area contributed by atoms with Gasteiger partial charge in [-0.15, -0.1) is 0 Å². The summed E-state index contributed by atoms with van der Waals surface area (Å²) in [6.07, 6.45) is 0. The van der Waals surface area contributed by atoms with Crippen LogP contribution in [0.1, 0.15) is 10.4 Å². The summed E-state index contributed by atoms with van der Waals surface area (Å²) in [5, 5.41) is 0. The monoisotopic (exact) mass is 377 g/mol. The van der Waals surface area contributed by atoms with E-state index in [4.69, 9.17) is 27.9 Å². The molecule has 1 aromatic rings. The maximum absolute atomic E-state index is 12.5. The van der Waals surface area contributed by atoms with Crippen molar-refractivity contribution in [2.45, 2.75) is 4.84 Å². The lowest BCUT2D eigenvalue weighted by molar-refractivity contribution is 0.0530. The molecular formula is C14H14BrCl2NO2. The van der Waals surface area contributed by atoms with E-state index in [9.17, 15) is 4.79 Å². The number of carbonyl (C=O) groups is 1. The summed E-state index contributed by atoms with van der Waals surface area (Å²) in [7, 11) is 0. The molecule has 0 N–H and O–H groups in total. The lowest BCUT2D eigenvalue weighted by Crippen LogP contribution is -2.38. The molecule has 1 fully saturated rings. The average Bonchev–Trinajstić information content (AvgIpc) is 2.48. The van der Waals surface area contributed by atoms with Crippen LogP contribution in [0.15, 0.2) is 40.5 Å². The number of allylic oxidation sites excluding steroid dienone is 2. The van der Waals surface area contributed by atoms with Crippen molar-refractivity contribution in [2.24, 2.45) is 0 Å². The minimum atomic E-state index is -0.768. The molecule has 1 aliphatic rings. The van der Waals surface area contributed by atoms with Crippen LogP contribution in [0, 0.1) is 0 Å². The summed E-state index contributed by atoms with van der Waals surface area (Å²) >= 11 is 15.5. The first-order chi connectivity index (χ1) is 9.61. The molecule has 0 aliphatic carbocycles. The second-order valence-electron chi connectivity index (χ2n) is 4.29. The van der Waals surface area contributed by atoms with Gasteiger partial charge in [0.25, 0.3) is 0 Å². The Bertz CT molecular complexity index is 499. The number of hydrogen-bond acceptors (Lipinski definition) is 3. The molecule has 6 heteroatoms. The first-order valence-electron chi connectivity index (χ1n) is 6.21. The highest BCUT2D eigenvalue weighted by Gasteiger charge is 2.25. The van der Waals surface area contributed by atoms with Gasteiger partial charge in [-0.1, -0.05) is 53.5 Å². The maximum atomic E-state index is 12.5. The summed E-state index contributed by atoms with van der Waals surface area (Å²) in [5.41, 5.74) is 1.20. The Hall–Kier alpha value is -0.550. The van der Waals surface area contributed by atoms with Gasteiger partial charge >= 0.3 is 0 Å².